The number of hydrogen-bond acceptors (Lipinski definition) is 2. The van der Waals surface area contributed by atoms with Crippen molar-refractivity contribution in [2.45, 2.75) is 33.3 Å². The molecule has 0 amide bonds. The van der Waals surface area contributed by atoms with Crippen molar-refractivity contribution in [2.24, 2.45) is 11.8 Å². The molecule has 2 nitrogen and oxygen atoms in total. The molecule has 0 spiro atoms. The van der Waals surface area contributed by atoms with Crippen molar-refractivity contribution in [1.82, 2.24) is 5.32 Å². The van der Waals surface area contributed by atoms with Crippen LogP contribution in [0.2, 0.25) is 0 Å². The fraction of sp³-hybridized carbons (Fsp3) is 1.00. The smallest absolute Gasteiger partial charge is 0.0730 e. The zero-order valence-corrected chi connectivity index (χ0v) is 8.47. The van der Waals surface area contributed by atoms with Gasteiger partial charge in [-0.2, -0.15) is 0 Å². The number of piperidine rings is 1. The topological polar surface area (TPSA) is 21.3 Å². The van der Waals surface area contributed by atoms with Crippen LogP contribution in [0.4, 0.5) is 0 Å². The molecular weight excluding hydrogens is 150 g/mol. The lowest BCUT2D eigenvalue weighted by Crippen LogP contribution is -2.44. The van der Waals surface area contributed by atoms with Crippen molar-refractivity contribution >= 4 is 0 Å². The largest absolute Gasteiger partial charge is 0.377 e. The Morgan fingerprint density at radius 1 is 1.50 bits per heavy atom. The number of nitrogens with one attached hydrogen (secondary N) is 1. The minimum Gasteiger partial charge on any atom is -0.377 e. The molecule has 0 bridgehead atoms. The van der Waals surface area contributed by atoms with Gasteiger partial charge in [0.1, 0.15) is 0 Å². The van der Waals surface area contributed by atoms with E-state index in [1.54, 1.807) is 0 Å². The maximum Gasteiger partial charge on any atom is 0.0730 e. The summed E-state index contributed by atoms with van der Waals surface area (Å²) in [5.41, 5.74) is 0. The van der Waals surface area contributed by atoms with Crippen molar-refractivity contribution in [1.29, 1.82) is 0 Å². The second-order valence-corrected chi connectivity index (χ2v) is 3.89. The average molecular weight is 171 g/mol. The summed E-state index contributed by atoms with van der Waals surface area (Å²) in [4.78, 5) is 0. The van der Waals surface area contributed by atoms with E-state index in [4.69, 9.17) is 4.74 Å². The predicted octanol–water partition coefficient (Wildman–Crippen LogP) is 1.66. The summed E-state index contributed by atoms with van der Waals surface area (Å²) in [5, 5.41) is 3.38. The van der Waals surface area contributed by atoms with Crippen LogP contribution in [0.15, 0.2) is 0 Å². The van der Waals surface area contributed by atoms with E-state index in [9.17, 15) is 0 Å². The van der Waals surface area contributed by atoms with Crippen LogP contribution in [-0.2, 0) is 4.74 Å². The Morgan fingerprint density at radius 3 is 2.83 bits per heavy atom. The Morgan fingerprint density at radius 2 is 2.25 bits per heavy atom. The highest BCUT2D eigenvalue weighted by atomic mass is 16.5. The van der Waals surface area contributed by atoms with Gasteiger partial charge in [-0.3, -0.25) is 0 Å². The maximum absolute atomic E-state index is 5.69. The lowest BCUT2D eigenvalue weighted by atomic mass is 9.85. The van der Waals surface area contributed by atoms with Crippen LogP contribution >= 0.6 is 0 Å². The van der Waals surface area contributed by atoms with E-state index in [0.717, 1.165) is 31.5 Å². The van der Waals surface area contributed by atoms with Gasteiger partial charge in [-0.05, 0) is 31.7 Å². The molecule has 1 rings (SSSR count). The molecular formula is C10H21NO. The molecule has 0 aliphatic carbocycles. The fourth-order valence-corrected chi connectivity index (χ4v) is 2.01. The predicted molar refractivity (Wildman–Crippen MR) is 51.2 cm³/mol. The van der Waals surface area contributed by atoms with Gasteiger partial charge in [-0.15, -0.1) is 0 Å². The molecule has 1 aliphatic heterocycles. The van der Waals surface area contributed by atoms with Crippen LogP contribution in [0.5, 0.6) is 0 Å². The van der Waals surface area contributed by atoms with Crippen molar-refractivity contribution < 1.29 is 4.74 Å². The SMILES string of the molecule is CCO[C@H]1CNCC[C@@H]1C(C)C. The van der Waals surface area contributed by atoms with E-state index in [0.29, 0.717) is 6.10 Å². The first-order valence-corrected chi connectivity index (χ1v) is 5.08. The zero-order valence-electron chi connectivity index (χ0n) is 8.47. The Kier molecular flexibility index (Phi) is 4.02. The highest BCUT2D eigenvalue weighted by Gasteiger charge is 2.27. The summed E-state index contributed by atoms with van der Waals surface area (Å²) >= 11 is 0. The van der Waals surface area contributed by atoms with Gasteiger partial charge in [-0.1, -0.05) is 13.8 Å². The summed E-state index contributed by atoms with van der Waals surface area (Å²) in [6.07, 6.45) is 1.71. The zero-order chi connectivity index (χ0) is 8.97. The molecule has 0 aromatic rings. The van der Waals surface area contributed by atoms with E-state index in [2.05, 4.69) is 26.1 Å². The van der Waals surface area contributed by atoms with E-state index in [-0.39, 0.29) is 0 Å². The fourth-order valence-electron chi connectivity index (χ4n) is 2.01. The minimum atomic E-state index is 0.448. The van der Waals surface area contributed by atoms with Crippen LogP contribution in [0.3, 0.4) is 0 Å². The first-order chi connectivity index (χ1) is 5.75. The lowest BCUT2D eigenvalue weighted by molar-refractivity contribution is -0.0106. The molecule has 1 heterocycles. The van der Waals surface area contributed by atoms with Crippen molar-refractivity contribution in [3.63, 3.8) is 0 Å². The molecule has 1 N–H and O–H groups in total. The summed E-state index contributed by atoms with van der Waals surface area (Å²) in [7, 11) is 0. The van der Waals surface area contributed by atoms with Gasteiger partial charge in [0, 0.05) is 13.2 Å². The van der Waals surface area contributed by atoms with E-state index >= 15 is 0 Å². The standard InChI is InChI=1S/C10H21NO/c1-4-12-10-7-11-6-5-9(10)8(2)3/h8-11H,4-7H2,1-3H3/t9-,10+/m1/s1. The second-order valence-electron chi connectivity index (χ2n) is 3.89. The molecule has 1 fully saturated rings. The third-order valence-corrected chi connectivity index (χ3v) is 2.71. The Balaban J connectivity index is 2.42. The highest BCUT2D eigenvalue weighted by molar-refractivity contribution is 4.80. The third-order valence-electron chi connectivity index (χ3n) is 2.71. The number of hydrogen-bond donors (Lipinski definition) is 1. The Labute approximate surface area is 75.7 Å². The van der Waals surface area contributed by atoms with Gasteiger partial charge in [0.15, 0.2) is 0 Å². The molecule has 72 valence electrons. The summed E-state index contributed by atoms with van der Waals surface area (Å²) in [6, 6.07) is 0. The van der Waals surface area contributed by atoms with Crippen LogP contribution in [-0.4, -0.2) is 25.8 Å². The van der Waals surface area contributed by atoms with Gasteiger partial charge in [0.25, 0.3) is 0 Å². The first kappa shape index (κ1) is 10.0. The number of rotatable bonds is 3. The first-order valence-electron chi connectivity index (χ1n) is 5.08. The summed E-state index contributed by atoms with van der Waals surface area (Å²) < 4.78 is 5.69. The third kappa shape index (κ3) is 2.46. The van der Waals surface area contributed by atoms with Gasteiger partial charge in [0.05, 0.1) is 6.10 Å². The molecule has 12 heavy (non-hydrogen) atoms. The molecule has 1 saturated heterocycles. The van der Waals surface area contributed by atoms with Crippen molar-refractivity contribution in [2.75, 3.05) is 19.7 Å². The molecule has 2 heteroatoms. The monoisotopic (exact) mass is 171 g/mol. The molecule has 0 aromatic heterocycles. The van der Waals surface area contributed by atoms with E-state index < -0.39 is 0 Å². The number of ether oxygens (including phenoxy) is 1. The minimum absolute atomic E-state index is 0.448. The van der Waals surface area contributed by atoms with Crippen molar-refractivity contribution in [3.8, 4) is 0 Å². The molecule has 1 aliphatic rings. The molecule has 0 unspecified atom stereocenters. The van der Waals surface area contributed by atoms with Gasteiger partial charge >= 0.3 is 0 Å². The molecule has 0 radical (unpaired) electrons. The van der Waals surface area contributed by atoms with Crippen LogP contribution in [0.1, 0.15) is 27.2 Å². The Hall–Kier alpha value is -0.0800. The molecule has 0 saturated carbocycles. The highest BCUT2D eigenvalue weighted by Crippen LogP contribution is 2.23. The Bertz CT molecular complexity index is 123. The molecule has 0 aromatic carbocycles. The second kappa shape index (κ2) is 4.83. The average Bonchev–Trinajstić information content (AvgIpc) is 2.05. The summed E-state index contributed by atoms with van der Waals surface area (Å²) in [5.74, 6) is 1.51. The molecule has 2 atom stereocenters. The van der Waals surface area contributed by atoms with E-state index in [1.165, 1.54) is 6.42 Å². The maximum atomic E-state index is 5.69. The van der Waals surface area contributed by atoms with Gasteiger partial charge in [0.2, 0.25) is 0 Å². The van der Waals surface area contributed by atoms with Gasteiger partial charge < -0.3 is 10.1 Å². The van der Waals surface area contributed by atoms with Gasteiger partial charge in [-0.25, -0.2) is 0 Å². The van der Waals surface area contributed by atoms with Crippen LogP contribution in [0, 0.1) is 11.8 Å². The van der Waals surface area contributed by atoms with Crippen LogP contribution in [0.25, 0.3) is 0 Å². The lowest BCUT2D eigenvalue weighted by Gasteiger charge is -2.34. The van der Waals surface area contributed by atoms with Crippen LogP contribution < -0.4 is 5.32 Å². The quantitative estimate of drug-likeness (QED) is 0.697. The normalized spacial score (nSPS) is 31.0. The van der Waals surface area contributed by atoms with E-state index in [1.807, 2.05) is 0 Å². The summed E-state index contributed by atoms with van der Waals surface area (Å²) in [6.45, 7) is 9.70. The van der Waals surface area contributed by atoms with Crippen molar-refractivity contribution in [3.05, 3.63) is 0 Å².